The highest BCUT2D eigenvalue weighted by Gasteiger charge is 2.35. The van der Waals surface area contributed by atoms with Crippen LogP contribution in [0.25, 0.3) is 10.9 Å². The number of para-hydroxylation sites is 1. The Morgan fingerprint density at radius 3 is 2.85 bits per heavy atom. The normalized spacial score (nSPS) is 19.7. The number of nitrogens with two attached hydrogens (primary N) is 1. The summed E-state index contributed by atoms with van der Waals surface area (Å²) < 4.78 is 7.17. The number of benzene rings is 1. The maximum atomic E-state index is 12.6. The number of hydrogen-bond acceptors (Lipinski definition) is 5. The van der Waals surface area contributed by atoms with Crippen molar-refractivity contribution < 1.29 is 9.21 Å². The molecule has 140 valence electrons. The monoisotopic (exact) mass is 366 g/mol. The molecule has 0 saturated carbocycles. The highest BCUT2D eigenvalue weighted by molar-refractivity contribution is 5.78. The summed E-state index contributed by atoms with van der Waals surface area (Å²) in [6.07, 6.45) is 1.73. The second kappa shape index (κ2) is 7.00. The van der Waals surface area contributed by atoms with Gasteiger partial charge in [0.1, 0.15) is 11.5 Å². The minimum atomic E-state index is -0.149. The van der Waals surface area contributed by atoms with Gasteiger partial charge in [-0.1, -0.05) is 12.1 Å². The molecule has 1 amide bonds. The van der Waals surface area contributed by atoms with Crippen LogP contribution >= 0.6 is 0 Å². The molecule has 3 heterocycles. The van der Waals surface area contributed by atoms with E-state index in [4.69, 9.17) is 10.2 Å². The second-order valence-electron chi connectivity index (χ2n) is 7.03. The lowest BCUT2D eigenvalue weighted by molar-refractivity contribution is -0.130. The molecular weight excluding hydrogens is 344 g/mol. The van der Waals surface area contributed by atoms with Gasteiger partial charge in [-0.15, -0.1) is 0 Å². The lowest BCUT2D eigenvalue weighted by Crippen LogP contribution is -2.33. The van der Waals surface area contributed by atoms with Crippen LogP contribution in [-0.2, 0) is 11.3 Å². The standard InChI is InChI=1S/C20H22N4O3/c1-13-6-7-18(27-13)15-10-24(11-16(15)21)19(25)8-9-23-12-22-17-5-3-2-4-14(17)20(23)26/h2-7,12,15-16H,8-11,21H2,1H3/t15-,16-/m0/s1. The molecule has 7 nitrogen and oxygen atoms in total. The Labute approximate surface area is 156 Å². The fraction of sp³-hybridized carbons (Fsp3) is 0.350. The average Bonchev–Trinajstić information content (AvgIpc) is 3.26. The van der Waals surface area contributed by atoms with E-state index in [0.717, 1.165) is 11.5 Å². The first-order valence-electron chi connectivity index (χ1n) is 9.07. The molecule has 0 bridgehead atoms. The Morgan fingerprint density at radius 2 is 2.07 bits per heavy atom. The molecule has 1 saturated heterocycles. The molecule has 3 aromatic rings. The Hall–Kier alpha value is -2.93. The first-order chi connectivity index (χ1) is 13.0. The van der Waals surface area contributed by atoms with Gasteiger partial charge in [-0.05, 0) is 31.2 Å². The van der Waals surface area contributed by atoms with Crippen LogP contribution in [0.2, 0.25) is 0 Å². The Balaban J connectivity index is 1.43. The first kappa shape index (κ1) is 17.5. The summed E-state index contributed by atoms with van der Waals surface area (Å²) in [7, 11) is 0. The topological polar surface area (TPSA) is 94.4 Å². The number of carbonyl (C=O) groups is 1. The average molecular weight is 366 g/mol. The Morgan fingerprint density at radius 1 is 1.26 bits per heavy atom. The zero-order valence-corrected chi connectivity index (χ0v) is 15.2. The summed E-state index contributed by atoms with van der Waals surface area (Å²) in [4.78, 5) is 31.2. The van der Waals surface area contributed by atoms with Crippen molar-refractivity contribution in [3.8, 4) is 0 Å². The molecule has 0 aliphatic carbocycles. The van der Waals surface area contributed by atoms with E-state index in [1.165, 1.54) is 10.9 Å². The zero-order valence-electron chi connectivity index (χ0n) is 15.2. The van der Waals surface area contributed by atoms with Crippen LogP contribution in [0.3, 0.4) is 0 Å². The maximum Gasteiger partial charge on any atom is 0.261 e. The molecule has 1 aliphatic heterocycles. The molecule has 1 fully saturated rings. The smallest absolute Gasteiger partial charge is 0.261 e. The van der Waals surface area contributed by atoms with Crippen molar-refractivity contribution in [3.05, 3.63) is 64.6 Å². The number of hydrogen-bond donors (Lipinski definition) is 1. The van der Waals surface area contributed by atoms with Crippen LogP contribution in [0.5, 0.6) is 0 Å². The van der Waals surface area contributed by atoms with Crippen LogP contribution in [-0.4, -0.2) is 39.5 Å². The minimum absolute atomic E-state index is 0.00714. The van der Waals surface area contributed by atoms with Crippen molar-refractivity contribution in [1.82, 2.24) is 14.5 Å². The summed E-state index contributed by atoms with van der Waals surface area (Å²) in [6, 6.07) is 10.9. The number of furan rings is 1. The molecule has 4 rings (SSSR count). The lowest BCUT2D eigenvalue weighted by atomic mass is 10.0. The van der Waals surface area contributed by atoms with Gasteiger partial charge in [0.05, 0.1) is 23.1 Å². The lowest BCUT2D eigenvalue weighted by Gasteiger charge is -2.16. The fourth-order valence-electron chi connectivity index (χ4n) is 3.63. The molecule has 0 radical (unpaired) electrons. The highest BCUT2D eigenvalue weighted by Crippen LogP contribution is 2.28. The first-order valence-corrected chi connectivity index (χ1v) is 9.07. The largest absolute Gasteiger partial charge is 0.466 e. The van der Waals surface area contributed by atoms with E-state index < -0.39 is 0 Å². The summed E-state index contributed by atoms with van der Waals surface area (Å²) in [5.74, 6) is 1.65. The third kappa shape index (κ3) is 3.38. The van der Waals surface area contributed by atoms with Gasteiger partial charge in [-0.3, -0.25) is 14.2 Å². The number of likely N-dealkylation sites (tertiary alicyclic amines) is 1. The minimum Gasteiger partial charge on any atom is -0.466 e. The van der Waals surface area contributed by atoms with Crippen molar-refractivity contribution in [2.75, 3.05) is 13.1 Å². The van der Waals surface area contributed by atoms with Gasteiger partial charge in [0.25, 0.3) is 5.56 Å². The summed E-state index contributed by atoms with van der Waals surface area (Å²) in [5.41, 5.74) is 6.75. The summed E-state index contributed by atoms with van der Waals surface area (Å²) in [6.45, 7) is 3.22. The molecule has 1 aliphatic rings. The molecule has 2 aromatic heterocycles. The third-order valence-corrected chi connectivity index (χ3v) is 5.14. The van der Waals surface area contributed by atoms with Gasteiger partial charge >= 0.3 is 0 Å². The number of aromatic nitrogens is 2. The van der Waals surface area contributed by atoms with Gasteiger partial charge in [-0.2, -0.15) is 0 Å². The van der Waals surface area contributed by atoms with Crippen LogP contribution in [0.4, 0.5) is 0 Å². The zero-order chi connectivity index (χ0) is 19.0. The van der Waals surface area contributed by atoms with Gasteiger partial charge in [0, 0.05) is 32.1 Å². The van der Waals surface area contributed by atoms with Gasteiger partial charge < -0.3 is 15.1 Å². The Kier molecular flexibility index (Phi) is 4.53. The predicted molar refractivity (Wildman–Crippen MR) is 101 cm³/mol. The molecular formula is C20H22N4O3. The fourth-order valence-corrected chi connectivity index (χ4v) is 3.63. The van der Waals surface area contributed by atoms with Crippen molar-refractivity contribution in [2.45, 2.75) is 31.8 Å². The van der Waals surface area contributed by atoms with Crippen molar-refractivity contribution >= 4 is 16.8 Å². The van der Waals surface area contributed by atoms with Crippen LogP contribution < -0.4 is 11.3 Å². The SMILES string of the molecule is Cc1ccc([C@H]2CN(C(=O)CCn3cnc4ccccc4c3=O)C[C@@H]2N)o1. The van der Waals surface area contributed by atoms with Crippen LogP contribution in [0.15, 0.2) is 51.9 Å². The van der Waals surface area contributed by atoms with Gasteiger partial charge in [-0.25, -0.2) is 4.98 Å². The molecule has 0 spiro atoms. The van der Waals surface area contributed by atoms with Gasteiger partial charge in [0.15, 0.2) is 0 Å². The van der Waals surface area contributed by atoms with Crippen molar-refractivity contribution in [2.24, 2.45) is 5.73 Å². The molecule has 1 aromatic carbocycles. The van der Waals surface area contributed by atoms with Crippen molar-refractivity contribution in [1.29, 1.82) is 0 Å². The van der Waals surface area contributed by atoms with Crippen molar-refractivity contribution in [3.63, 3.8) is 0 Å². The summed E-state index contributed by atoms with van der Waals surface area (Å²) >= 11 is 0. The quantitative estimate of drug-likeness (QED) is 0.757. The number of amides is 1. The molecule has 0 unspecified atom stereocenters. The number of nitrogens with zero attached hydrogens (tertiary/aromatic N) is 3. The number of rotatable bonds is 4. The summed E-state index contributed by atoms with van der Waals surface area (Å²) in [5, 5.41) is 0.559. The second-order valence-corrected chi connectivity index (χ2v) is 7.03. The van der Waals surface area contributed by atoms with E-state index >= 15 is 0 Å². The predicted octanol–water partition coefficient (Wildman–Crippen LogP) is 1.64. The van der Waals surface area contributed by atoms with Gasteiger partial charge in [0.2, 0.25) is 5.91 Å². The Bertz CT molecular complexity index is 1040. The van der Waals surface area contributed by atoms with E-state index in [-0.39, 0.29) is 29.8 Å². The number of carbonyl (C=O) groups excluding carboxylic acids is 1. The van der Waals surface area contributed by atoms with Crippen LogP contribution in [0.1, 0.15) is 23.9 Å². The maximum absolute atomic E-state index is 12.6. The molecule has 27 heavy (non-hydrogen) atoms. The highest BCUT2D eigenvalue weighted by atomic mass is 16.3. The van der Waals surface area contributed by atoms with E-state index in [9.17, 15) is 9.59 Å². The molecule has 7 heteroatoms. The number of aryl methyl sites for hydroxylation is 2. The van der Waals surface area contributed by atoms with Crippen LogP contribution in [0, 0.1) is 6.92 Å². The third-order valence-electron chi connectivity index (χ3n) is 5.14. The molecule has 2 atom stereocenters. The van der Waals surface area contributed by atoms with E-state index in [1.807, 2.05) is 31.2 Å². The van der Waals surface area contributed by atoms with E-state index in [2.05, 4.69) is 4.98 Å². The number of fused-ring (bicyclic) bond motifs is 1. The molecule has 2 N–H and O–H groups in total. The van der Waals surface area contributed by atoms with E-state index in [0.29, 0.717) is 30.5 Å². The van der Waals surface area contributed by atoms with E-state index in [1.54, 1.807) is 17.0 Å².